The maximum absolute atomic E-state index is 12.9. The zero-order chi connectivity index (χ0) is 21.8. The van der Waals surface area contributed by atoms with Crippen molar-refractivity contribution in [2.45, 2.75) is 39.2 Å². The first-order valence-electron chi connectivity index (χ1n) is 10.6. The van der Waals surface area contributed by atoms with Crippen LogP contribution in [0.25, 0.3) is 0 Å². The maximum Gasteiger partial charge on any atom is 0.321 e. The summed E-state index contributed by atoms with van der Waals surface area (Å²) in [6.07, 6.45) is 1.93. The largest absolute Gasteiger partial charge is 0.495 e. The van der Waals surface area contributed by atoms with Crippen molar-refractivity contribution in [3.05, 3.63) is 24.3 Å². The standard InChI is InChI=1S/C22H32N4O4/c1-14(2)20(21(23)28)26-11-9-16-13-25(10-8-15(16)12-19(26)27)22(29)24-17-6-4-5-7-18(17)30-3/h4-7,14-16,20H,8-13H2,1-3H3,(H2,23,28)(H,24,29)/t15-,16+,20-/m0/s1. The molecule has 1 aromatic carbocycles. The number of piperidine rings is 1. The highest BCUT2D eigenvalue weighted by Crippen LogP contribution is 2.34. The number of hydrogen-bond donors (Lipinski definition) is 2. The quantitative estimate of drug-likeness (QED) is 0.768. The van der Waals surface area contributed by atoms with E-state index in [4.69, 9.17) is 10.5 Å². The lowest BCUT2D eigenvalue weighted by Gasteiger charge is -2.37. The number of likely N-dealkylation sites (tertiary alicyclic amines) is 2. The highest BCUT2D eigenvalue weighted by molar-refractivity contribution is 5.91. The van der Waals surface area contributed by atoms with E-state index in [2.05, 4.69) is 5.32 Å². The average molecular weight is 417 g/mol. The second-order valence-electron chi connectivity index (χ2n) is 8.56. The van der Waals surface area contributed by atoms with Gasteiger partial charge in [-0.2, -0.15) is 0 Å². The third kappa shape index (κ3) is 4.68. The number of urea groups is 1. The first-order valence-corrected chi connectivity index (χ1v) is 10.6. The highest BCUT2D eigenvalue weighted by Gasteiger charge is 2.40. The molecule has 2 aliphatic heterocycles. The summed E-state index contributed by atoms with van der Waals surface area (Å²) >= 11 is 0. The molecule has 0 bridgehead atoms. The van der Waals surface area contributed by atoms with Crippen LogP contribution in [-0.2, 0) is 9.59 Å². The summed E-state index contributed by atoms with van der Waals surface area (Å²) in [4.78, 5) is 41.1. The van der Waals surface area contributed by atoms with E-state index in [9.17, 15) is 14.4 Å². The Labute approximate surface area is 177 Å². The fourth-order valence-electron chi connectivity index (χ4n) is 4.71. The number of hydrogen-bond acceptors (Lipinski definition) is 4. The van der Waals surface area contributed by atoms with E-state index in [1.54, 1.807) is 18.1 Å². The van der Waals surface area contributed by atoms with Crippen LogP contribution in [0.1, 0.15) is 33.1 Å². The Morgan fingerprint density at radius 2 is 1.87 bits per heavy atom. The number of anilines is 1. The van der Waals surface area contributed by atoms with E-state index in [0.717, 1.165) is 12.8 Å². The molecule has 30 heavy (non-hydrogen) atoms. The Hall–Kier alpha value is -2.77. The molecular weight excluding hydrogens is 384 g/mol. The lowest BCUT2D eigenvalue weighted by atomic mass is 9.82. The van der Waals surface area contributed by atoms with Gasteiger partial charge in [0.2, 0.25) is 11.8 Å². The van der Waals surface area contributed by atoms with Crippen molar-refractivity contribution >= 4 is 23.5 Å². The maximum atomic E-state index is 12.9. The number of rotatable bonds is 5. The molecule has 8 heteroatoms. The van der Waals surface area contributed by atoms with Crippen LogP contribution in [-0.4, -0.2) is 60.4 Å². The number of nitrogens with one attached hydrogen (secondary N) is 1. The topological polar surface area (TPSA) is 105 Å². The number of carbonyl (C=O) groups excluding carboxylic acids is 3. The first kappa shape index (κ1) is 21.9. The number of ether oxygens (including phenoxy) is 1. The van der Waals surface area contributed by atoms with Crippen molar-refractivity contribution in [3.8, 4) is 5.75 Å². The minimum atomic E-state index is -0.581. The number of carbonyl (C=O) groups is 3. The monoisotopic (exact) mass is 416 g/mol. The molecule has 0 unspecified atom stereocenters. The number of primary amides is 1. The fraction of sp³-hybridized carbons (Fsp3) is 0.591. The lowest BCUT2D eigenvalue weighted by molar-refractivity contribution is -0.141. The van der Waals surface area contributed by atoms with Crippen LogP contribution >= 0.6 is 0 Å². The van der Waals surface area contributed by atoms with Gasteiger partial charge in [-0.05, 0) is 42.7 Å². The van der Waals surface area contributed by atoms with Gasteiger partial charge < -0.3 is 25.6 Å². The van der Waals surface area contributed by atoms with Crippen LogP contribution in [0.4, 0.5) is 10.5 Å². The van der Waals surface area contributed by atoms with Crippen LogP contribution in [0.3, 0.4) is 0 Å². The number of methoxy groups -OCH3 is 1. The summed E-state index contributed by atoms with van der Waals surface area (Å²) < 4.78 is 5.31. The van der Waals surface area contributed by atoms with Gasteiger partial charge in [0.15, 0.2) is 0 Å². The number of benzene rings is 1. The number of fused-ring (bicyclic) bond motifs is 1. The van der Waals surface area contributed by atoms with Crippen LogP contribution in [0, 0.1) is 17.8 Å². The Kier molecular flexibility index (Phi) is 6.84. The molecule has 2 heterocycles. The first-order chi connectivity index (χ1) is 14.3. The molecule has 2 saturated heterocycles. The van der Waals surface area contributed by atoms with Gasteiger partial charge >= 0.3 is 6.03 Å². The fourth-order valence-corrected chi connectivity index (χ4v) is 4.71. The second-order valence-corrected chi connectivity index (χ2v) is 8.56. The Morgan fingerprint density at radius 1 is 1.17 bits per heavy atom. The van der Waals surface area contributed by atoms with Crippen LogP contribution in [0.2, 0.25) is 0 Å². The summed E-state index contributed by atoms with van der Waals surface area (Å²) in [6.45, 7) is 5.50. The van der Waals surface area contributed by atoms with E-state index in [1.807, 2.05) is 36.9 Å². The van der Waals surface area contributed by atoms with Gasteiger partial charge in [-0.25, -0.2) is 4.79 Å². The van der Waals surface area contributed by atoms with E-state index in [-0.39, 0.29) is 29.7 Å². The zero-order valence-corrected chi connectivity index (χ0v) is 18.0. The summed E-state index contributed by atoms with van der Waals surface area (Å²) in [5, 5.41) is 2.93. The van der Waals surface area contributed by atoms with Crippen LogP contribution in [0.5, 0.6) is 5.75 Å². The Balaban J connectivity index is 1.66. The van der Waals surface area contributed by atoms with Crippen molar-refractivity contribution < 1.29 is 19.1 Å². The van der Waals surface area contributed by atoms with Crippen molar-refractivity contribution in [3.63, 3.8) is 0 Å². The van der Waals surface area contributed by atoms with Crippen molar-refractivity contribution in [1.29, 1.82) is 0 Å². The van der Waals surface area contributed by atoms with Gasteiger partial charge in [-0.15, -0.1) is 0 Å². The molecular formula is C22H32N4O4. The van der Waals surface area contributed by atoms with E-state index in [0.29, 0.717) is 37.5 Å². The molecule has 0 saturated carbocycles. The second kappa shape index (κ2) is 9.36. The third-order valence-corrected chi connectivity index (χ3v) is 6.28. The molecule has 3 rings (SSSR count). The number of nitrogens with two attached hydrogens (primary N) is 1. The van der Waals surface area contributed by atoms with E-state index in [1.165, 1.54) is 0 Å². The number of nitrogens with zero attached hydrogens (tertiary/aromatic N) is 2. The highest BCUT2D eigenvalue weighted by atomic mass is 16.5. The van der Waals surface area contributed by atoms with Gasteiger partial charge in [0, 0.05) is 26.1 Å². The zero-order valence-electron chi connectivity index (χ0n) is 18.0. The van der Waals surface area contributed by atoms with Crippen LogP contribution in [0.15, 0.2) is 24.3 Å². The van der Waals surface area contributed by atoms with Gasteiger partial charge in [-0.1, -0.05) is 26.0 Å². The predicted molar refractivity (Wildman–Crippen MR) is 114 cm³/mol. The van der Waals surface area contributed by atoms with Gasteiger partial charge in [0.05, 0.1) is 12.8 Å². The third-order valence-electron chi connectivity index (χ3n) is 6.28. The predicted octanol–water partition coefficient (Wildman–Crippen LogP) is 2.30. The molecule has 8 nitrogen and oxygen atoms in total. The van der Waals surface area contributed by atoms with Gasteiger partial charge in [-0.3, -0.25) is 9.59 Å². The molecule has 3 atom stereocenters. The minimum Gasteiger partial charge on any atom is -0.495 e. The molecule has 3 N–H and O–H groups in total. The number of para-hydroxylation sites is 2. The molecule has 0 aliphatic carbocycles. The lowest BCUT2D eigenvalue weighted by Crippen LogP contribution is -2.50. The van der Waals surface area contributed by atoms with E-state index >= 15 is 0 Å². The summed E-state index contributed by atoms with van der Waals surface area (Å²) in [6, 6.07) is 6.56. The minimum absolute atomic E-state index is 0.00748. The summed E-state index contributed by atoms with van der Waals surface area (Å²) in [5.41, 5.74) is 6.22. The molecule has 164 valence electrons. The molecule has 1 aromatic rings. The van der Waals surface area contributed by atoms with Crippen LogP contribution < -0.4 is 15.8 Å². The normalized spacial score (nSPS) is 22.9. The van der Waals surface area contributed by atoms with Gasteiger partial charge in [0.1, 0.15) is 11.8 Å². The Morgan fingerprint density at radius 3 is 2.53 bits per heavy atom. The molecule has 2 aliphatic rings. The molecule has 0 aromatic heterocycles. The Bertz CT molecular complexity index is 797. The molecule has 4 amide bonds. The van der Waals surface area contributed by atoms with Crippen molar-refractivity contribution in [2.24, 2.45) is 23.5 Å². The molecule has 2 fully saturated rings. The van der Waals surface area contributed by atoms with E-state index < -0.39 is 11.9 Å². The average Bonchev–Trinajstić information content (AvgIpc) is 2.86. The summed E-state index contributed by atoms with van der Waals surface area (Å²) in [7, 11) is 1.57. The summed E-state index contributed by atoms with van der Waals surface area (Å²) in [5.74, 6) is 0.556. The van der Waals surface area contributed by atoms with Gasteiger partial charge in [0.25, 0.3) is 0 Å². The van der Waals surface area contributed by atoms with Crippen molar-refractivity contribution in [1.82, 2.24) is 9.80 Å². The molecule has 0 spiro atoms. The van der Waals surface area contributed by atoms with Crippen molar-refractivity contribution in [2.75, 3.05) is 32.1 Å². The smallest absolute Gasteiger partial charge is 0.321 e. The SMILES string of the molecule is COc1ccccc1NC(=O)N1CC[C@H]2CC(=O)N([C@H](C(N)=O)C(C)C)CC[C@@H]2C1. The number of amides is 4. The molecule has 0 radical (unpaired) electrons.